The molecule has 0 atom stereocenters. The summed E-state index contributed by atoms with van der Waals surface area (Å²) >= 11 is 0. The lowest BCUT2D eigenvalue weighted by Gasteiger charge is -2.17. The van der Waals surface area contributed by atoms with E-state index in [1.807, 2.05) is 6.92 Å². The zero-order valence-corrected chi connectivity index (χ0v) is 10.4. The third-order valence-corrected chi connectivity index (χ3v) is 1.58. The Labute approximate surface area is 96.0 Å². The minimum absolute atomic E-state index is 0.247. The molecule has 0 N–H and O–H groups in total. The molecule has 0 aromatic rings. The van der Waals surface area contributed by atoms with E-state index in [0.717, 1.165) is 19.3 Å². The van der Waals surface area contributed by atoms with Crippen LogP contribution in [0.1, 0.15) is 53.4 Å². The van der Waals surface area contributed by atoms with E-state index in [1.165, 1.54) is 0 Å². The van der Waals surface area contributed by atoms with Crippen LogP contribution in [0.4, 0.5) is 4.79 Å². The summed E-state index contributed by atoms with van der Waals surface area (Å²) in [6.07, 6.45) is 1.93. The van der Waals surface area contributed by atoms with Gasteiger partial charge in [-0.2, -0.15) is 4.79 Å². The van der Waals surface area contributed by atoms with Crippen LogP contribution in [0.25, 0.3) is 0 Å². The van der Waals surface area contributed by atoms with Crippen LogP contribution in [0, 0.1) is 0 Å². The van der Waals surface area contributed by atoms with Crippen LogP contribution in [0.15, 0.2) is 0 Å². The minimum atomic E-state index is -1.00. The molecule has 5 heteroatoms. The zero-order valence-electron chi connectivity index (χ0n) is 10.4. The molecule has 0 aromatic heterocycles. The molecule has 0 aromatic carbocycles. The van der Waals surface area contributed by atoms with E-state index >= 15 is 0 Å². The molecule has 0 radical (unpaired) electrons. The molecule has 0 fully saturated rings. The zero-order chi connectivity index (χ0) is 12.6. The van der Waals surface area contributed by atoms with Gasteiger partial charge in [0.2, 0.25) is 0 Å². The predicted octanol–water partition coefficient (Wildman–Crippen LogP) is 2.98. The van der Waals surface area contributed by atoms with Crippen molar-refractivity contribution in [3.8, 4) is 0 Å². The van der Waals surface area contributed by atoms with Crippen molar-refractivity contribution in [2.45, 2.75) is 59.0 Å². The van der Waals surface area contributed by atoms with Gasteiger partial charge in [0.15, 0.2) is 0 Å². The molecule has 0 rings (SSSR count). The highest BCUT2D eigenvalue weighted by molar-refractivity contribution is 5.70. The number of carbonyl (C=O) groups excluding carboxylic acids is 2. The molecule has 0 amide bonds. The molecule has 0 aliphatic carbocycles. The van der Waals surface area contributed by atoms with Crippen LogP contribution in [0.3, 0.4) is 0 Å². The highest BCUT2D eigenvalue weighted by atomic mass is 17.2. The second-order valence-electron chi connectivity index (χ2n) is 4.46. The Bertz CT molecular complexity index is 229. The Balaban J connectivity index is 3.63. The molecule has 0 saturated carbocycles. The number of rotatable bonds is 4. The first kappa shape index (κ1) is 14.7. The number of hydrogen-bond acceptors (Lipinski definition) is 5. The lowest BCUT2D eigenvalue weighted by Crippen LogP contribution is -2.25. The summed E-state index contributed by atoms with van der Waals surface area (Å²) in [5.41, 5.74) is -0.661. The van der Waals surface area contributed by atoms with E-state index in [0.29, 0.717) is 0 Å². The first-order valence-electron chi connectivity index (χ1n) is 5.45. The topological polar surface area (TPSA) is 61.8 Å². The van der Waals surface area contributed by atoms with Gasteiger partial charge in [-0.05, 0) is 27.2 Å². The van der Waals surface area contributed by atoms with Crippen LogP contribution in [0.2, 0.25) is 0 Å². The quantitative estimate of drug-likeness (QED) is 0.323. The van der Waals surface area contributed by atoms with Crippen molar-refractivity contribution in [3.63, 3.8) is 0 Å². The second kappa shape index (κ2) is 7.09. The van der Waals surface area contributed by atoms with E-state index in [9.17, 15) is 9.59 Å². The molecule has 94 valence electrons. The van der Waals surface area contributed by atoms with Gasteiger partial charge in [-0.25, -0.2) is 14.6 Å². The van der Waals surface area contributed by atoms with Gasteiger partial charge in [-0.1, -0.05) is 19.8 Å². The Hall–Kier alpha value is -1.26. The highest BCUT2D eigenvalue weighted by Crippen LogP contribution is 2.08. The lowest BCUT2D eigenvalue weighted by atomic mass is 10.2. The van der Waals surface area contributed by atoms with Crippen LogP contribution < -0.4 is 0 Å². The van der Waals surface area contributed by atoms with Crippen molar-refractivity contribution in [1.29, 1.82) is 0 Å². The fourth-order valence-electron chi connectivity index (χ4n) is 0.909. The molecule has 0 bridgehead atoms. The normalized spacial score (nSPS) is 10.8. The SMILES string of the molecule is CCCCCC(=O)OOC(=O)OC(C)(C)C. The third kappa shape index (κ3) is 9.30. The number of hydrogen-bond donors (Lipinski definition) is 0. The van der Waals surface area contributed by atoms with Gasteiger partial charge < -0.3 is 4.74 Å². The summed E-state index contributed by atoms with van der Waals surface area (Å²) in [6, 6.07) is 0. The average Bonchev–Trinajstić information content (AvgIpc) is 2.12. The van der Waals surface area contributed by atoms with Gasteiger partial charge in [0.25, 0.3) is 0 Å². The van der Waals surface area contributed by atoms with Crippen molar-refractivity contribution in [1.82, 2.24) is 0 Å². The van der Waals surface area contributed by atoms with Gasteiger partial charge in [-0.3, -0.25) is 0 Å². The van der Waals surface area contributed by atoms with Gasteiger partial charge in [-0.15, -0.1) is 0 Å². The third-order valence-electron chi connectivity index (χ3n) is 1.58. The van der Waals surface area contributed by atoms with E-state index in [1.54, 1.807) is 20.8 Å². The fourth-order valence-corrected chi connectivity index (χ4v) is 0.909. The van der Waals surface area contributed by atoms with Crippen LogP contribution in [0.5, 0.6) is 0 Å². The maximum Gasteiger partial charge on any atom is 0.550 e. The lowest BCUT2D eigenvalue weighted by molar-refractivity contribution is -0.248. The molecule has 0 aliphatic rings. The average molecular weight is 232 g/mol. The van der Waals surface area contributed by atoms with Crippen molar-refractivity contribution in [2.24, 2.45) is 0 Å². The van der Waals surface area contributed by atoms with E-state index in [-0.39, 0.29) is 6.42 Å². The van der Waals surface area contributed by atoms with Crippen molar-refractivity contribution in [2.75, 3.05) is 0 Å². The monoisotopic (exact) mass is 232 g/mol. The van der Waals surface area contributed by atoms with Crippen LogP contribution in [-0.2, 0) is 19.3 Å². The molecule has 0 aliphatic heterocycles. The maximum atomic E-state index is 11.0. The fraction of sp³-hybridized carbons (Fsp3) is 0.818. The molecular weight excluding hydrogens is 212 g/mol. The predicted molar refractivity (Wildman–Crippen MR) is 57.6 cm³/mol. The summed E-state index contributed by atoms with van der Waals surface area (Å²) in [6.45, 7) is 7.11. The second-order valence-corrected chi connectivity index (χ2v) is 4.46. The summed E-state index contributed by atoms with van der Waals surface area (Å²) in [4.78, 5) is 30.5. The Morgan fingerprint density at radius 3 is 2.19 bits per heavy atom. The van der Waals surface area contributed by atoms with Crippen molar-refractivity contribution >= 4 is 12.1 Å². The number of unbranched alkanes of at least 4 members (excludes halogenated alkanes) is 2. The minimum Gasteiger partial charge on any atom is -0.426 e. The van der Waals surface area contributed by atoms with Gasteiger partial charge in [0.05, 0.1) is 6.42 Å². The Kier molecular flexibility index (Phi) is 6.53. The molecule has 0 unspecified atom stereocenters. The molecule has 5 nitrogen and oxygen atoms in total. The van der Waals surface area contributed by atoms with Crippen LogP contribution in [-0.4, -0.2) is 17.7 Å². The van der Waals surface area contributed by atoms with Crippen molar-refractivity contribution < 1.29 is 24.1 Å². The Morgan fingerprint density at radius 1 is 1.06 bits per heavy atom. The smallest absolute Gasteiger partial charge is 0.426 e. The molecule has 0 saturated heterocycles. The molecule has 0 heterocycles. The van der Waals surface area contributed by atoms with Crippen molar-refractivity contribution in [3.05, 3.63) is 0 Å². The maximum absolute atomic E-state index is 11.0. The van der Waals surface area contributed by atoms with Gasteiger partial charge >= 0.3 is 12.1 Å². The summed E-state index contributed by atoms with van der Waals surface area (Å²) in [5.74, 6) is -0.556. The Morgan fingerprint density at radius 2 is 1.69 bits per heavy atom. The number of ether oxygens (including phenoxy) is 1. The summed E-state index contributed by atoms with van der Waals surface area (Å²) < 4.78 is 4.78. The largest absolute Gasteiger partial charge is 0.550 e. The van der Waals surface area contributed by atoms with Crippen LogP contribution >= 0.6 is 0 Å². The summed E-state index contributed by atoms with van der Waals surface area (Å²) in [5, 5.41) is 0. The molecule has 16 heavy (non-hydrogen) atoms. The first-order valence-corrected chi connectivity index (χ1v) is 5.45. The van der Waals surface area contributed by atoms with Gasteiger partial charge in [0, 0.05) is 0 Å². The van der Waals surface area contributed by atoms with E-state index in [2.05, 4.69) is 9.78 Å². The molecular formula is C11H20O5. The first-order chi connectivity index (χ1) is 7.35. The van der Waals surface area contributed by atoms with E-state index in [4.69, 9.17) is 4.74 Å². The van der Waals surface area contributed by atoms with Gasteiger partial charge in [0.1, 0.15) is 5.60 Å². The standard InChI is InChI=1S/C11H20O5/c1-5-6-7-8-9(12)15-16-10(13)14-11(2,3)4/h5-8H2,1-4H3. The van der Waals surface area contributed by atoms with E-state index < -0.39 is 17.7 Å². The highest BCUT2D eigenvalue weighted by Gasteiger charge is 2.19. The summed E-state index contributed by atoms with van der Waals surface area (Å²) in [7, 11) is 0. The number of carbonyl (C=O) groups is 2. The molecule has 0 spiro atoms.